The van der Waals surface area contributed by atoms with E-state index >= 15 is 0 Å². The van der Waals surface area contributed by atoms with Crippen molar-refractivity contribution in [3.8, 4) is 0 Å². The molecule has 1 unspecified atom stereocenters. The number of hydrogen-bond donors (Lipinski definition) is 0. The van der Waals surface area contributed by atoms with Crippen LogP contribution in [0.25, 0.3) is 0 Å². The Balaban J connectivity index is 0.00000121. The van der Waals surface area contributed by atoms with Crippen LogP contribution in [-0.4, -0.2) is 8.76 Å². The molecule has 1 aromatic carbocycles. The maximum atomic E-state index is 10.4. The standard InChI is InChI=1S/C7H7BrO2S.Na/c1-5-4-6(11(9)10)2-3-7(5)8;/h2-4H,1H3,(H,9,10);/q;+1/p-1. The zero-order chi connectivity index (χ0) is 8.43. The van der Waals surface area contributed by atoms with E-state index in [1.807, 2.05) is 6.92 Å². The van der Waals surface area contributed by atoms with Crippen LogP contribution in [0, 0.1) is 6.92 Å². The fourth-order valence-corrected chi connectivity index (χ4v) is 1.42. The van der Waals surface area contributed by atoms with Crippen LogP contribution in [0.3, 0.4) is 0 Å². The summed E-state index contributed by atoms with van der Waals surface area (Å²) in [7, 11) is 0. The fraction of sp³-hybridized carbons (Fsp3) is 0.143. The number of rotatable bonds is 1. The molecule has 0 aliphatic heterocycles. The minimum absolute atomic E-state index is 0. The maximum Gasteiger partial charge on any atom is 1.00 e. The Hall–Kier alpha value is 0.810. The zero-order valence-corrected chi connectivity index (χ0v) is 11.2. The van der Waals surface area contributed by atoms with Gasteiger partial charge in [-0.15, -0.1) is 0 Å². The molecule has 0 heterocycles. The van der Waals surface area contributed by atoms with Gasteiger partial charge in [0.2, 0.25) is 0 Å². The molecule has 1 aromatic rings. The predicted molar refractivity (Wildman–Crippen MR) is 46.1 cm³/mol. The van der Waals surface area contributed by atoms with Gasteiger partial charge in [0.05, 0.1) is 0 Å². The predicted octanol–water partition coefficient (Wildman–Crippen LogP) is -1.00. The summed E-state index contributed by atoms with van der Waals surface area (Å²) in [6.07, 6.45) is 0. The van der Waals surface area contributed by atoms with Gasteiger partial charge in [-0.2, -0.15) is 0 Å². The van der Waals surface area contributed by atoms with Crippen LogP contribution in [0.2, 0.25) is 0 Å². The van der Waals surface area contributed by atoms with Gasteiger partial charge in [-0.1, -0.05) is 15.9 Å². The average Bonchev–Trinajstić information content (AvgIpc) is 1.94. The first-order valence-electron chi connectivity index (χ1n) is 2.96. The largest absolute Gasteiger partial charge is 1.00 e. The van der Waals surface area contributed by atoms with Gasteiger partial charge in [0.25, 0.3) is 0 Å². The van der Waals surface area contributed by atoms with Crippen LogP contribution in [0.4, 0.5) is 0 Å². The third-order valence-electron chi connectivity index (χ3n) is 1.32. The molecule has 0 bridgehead atoms. The monoisotopic (exact) mass is 256 g/mol. The van der Waals surface area contributed by atoms with E-state index in [0.29, 0.717) is 4.90 Å². The van der Waals surface area contributed by atoms with Crippen molar-refractivity contribution in [2.24, 2.45) is 0 Å². The van der Waals surface area contributed by atoms with E-state index in [9.17, 15) is 8.76 Å². The molecule has 0 radical (unpaired) electrons. The van der Waals surface area contributed by atoms with Gasteiger partial charge in [0.15, 0.2) is 0 Å². The van der Waals surface area contributed by atoms with Crippen molar-refractivity contribution >= 4 is 27.0 Å². The van der Waals surface area contributed by atoms with Gasteiger partial charge in [0, 0.05) is 9.37 Å². The van der Waals surface area contributed by atoms with Crippen molar-refractivity contribution < 1.29 is 38.3 Å². The first kappa shape index (κ1) is 12.8. The Morgan fingerprint density at radius 3 is 2.50 bits per heavy atom. The van der Waals surface area contributed by atoms with Crippen LogP contribution in [0.15, 0.2) is 27.6 Å². The topological polar surface area (TPSA) is 40.1 Å². The van der Waals surface area contributed by atoms with E-state index in [0.717, 1.165) is 10.0 Å². The molecule has 60 valence electrons. The summed E-state index contributed by atoms with van der Waals surface area (Å²) >= 11 is 1.16. The molecule has 1 rings (SSSR count). The smallest absolute Gasteiger partial charge is 0.768 e. The molecule has 5 heteroatoms. The second kappa shape index (κ2) is 5.52. The first-order valence-corrected chi connectivity index (χ1v) is 4.83. The van der Waals surface area contributed by atoms with Crippen LogP contribution < -0.4 is 29.6 Å². The van der Waals surface area contributed by atoms with Crippen molar-refractivity contribution in [3.05, 3.63) is 28.2 Å². The van der Waals surface area contributed by atoms with Gasteiger partial charge in [-0.25, -0.2) is 0 Å². The molecule has 12 heavy (non-hydrogen) atoms. The van der Waals surface area contributed by atoms with Gasteiger partial charge in [-0.3, -0.25) is 4.21 Å². The van der Waals surface area contributed by atoms with Crippen molar-refractivity contribution in [1.29, 1.82) is 0 Å². The third-order valence-corrected chi connectivity index (χ3v) is 2.85. The quantitative estimate of drug-likeness (QED) is 0.478. The molecule has 0 N–H and O–H groups in total. The van der Waals surface area contributed by atoms with Crippen LogP contribution in [0.5, 0.6) is 0 Å². The Morgan fingerprint density at radius 2 is 2.08 bits per heavy atom. The zero-order valence-electron chi connectivity index (χ0n) is 6.83. The Bertz CT molecular complexity index is 303. The second-order valence-electron chi connectivity index (χ2n) is 2.15. The minimum atomic E-state index is -2.12. The van der Waals surface area contributed by atoms with E-state index in [4.69, 9.17) is 0 Å². The SMILES string of the molecule is Cc1cc(S(=O)[O-])ccc1Br.[Na+]. The number of hydrogen-bond acceptors (Lipinski definition) is 2. The molecule has 0 fully saturated rings. The molecular weight excluding hydrogens is 251 g/mol. The number of aryl methyl sites for hydroxylation is 1. The van der Waals surface area contributed by atoms with Crippen LogP contribution >= 0.6 is 15.9 Å². The third kappa shape index (κ3) is 3.28. The molecular formula is C7H6BrNaO2S. The molecule has 0 amide bonds. The van der Waals surface area contributed by atoms with Gasteiger partial charge in [0.1, 0.15) is 0 Å². The van der Waals surface area contributed by atoms with Gasteiger partial charge < -0.3 is 4.55 Å². The molecule has 1 atom stereocenters. The van der Waals surface area contributed by atoms with E-state index in [2.05, 4.69) is 15.9 Å². The summed E-state index contributed by atoms with van der Waals surface area (Å²) in [6.45, 7) is 1.85. The Labute approximate surface area is 104 Å². The van der Waals surface area contributed by atoms with Gasteiger partial charge in [-0.05, 0) is 41.8 Å². The second-order valence-corrected chi connectivity index (χ2v) is 3.94. The van der Waals surface area contributed by atoms with E-state index in [1.54, 1.807) is 18.2 Å². The molecule has 0 aromatic heterocycles. The van der Waals surface area contributed by atoms with E-state index < -0.39 is 11.1 Å². The molecule has 0 saturated heterocycles. The maximum absolute atomic E-state index is 10.4. The summed E-state index contributed by atoms with van der Waals surface area (Å²) in [4.78, 5) is 0.325. The molecule has 2 nitrogen and oxygen atoms in total. The summed E-state index contributed by atoms with van der Waals surface area (Å²) in [6, 6.07) is 4.90. The summed E-state index contributed by atoms with van der Waals surface area (Å²) < 4.78 is 21.8. The summed E-state index contributed by atoms with van der Waals surface area (Å²) in [5, 5.41) is 0. The Morgan fingerprint density at radius 1 is 1.50 bits per heavy atom. The van der Waals surface area contributed by atoms with Crippen molar-refractivity contribution in [2.45, 2.75) is 11.8 Å². The fourth-order valence-electron chi connectivity index (χ4n) is 0.721. The van der Waals surface area contributed by atoms with Crippen LogP contribution in [0.1, 0.15) is 5.56 Å². The number of halogens is 1. The normalized spacial score (nSPS) is 11.9. The molecule has 0 aliphatic carbocycles. The Kier molecular flexibility index (Phi) is 5.89. The first-order chi connectivity index (χ1) is 5.11. The van der Waals surface area contributed by atoms with Crippen LogP contribution in [-0.2, 0) is 11.1 Å². The van der Waals surface area contributed by atoms with Gasteiger partial charge >= 0.3 is 29.6 Å². The van der Waals surface area contributed by atoms with Crippen molar-refractivity contribution in [3.63, 3.8) is 0 Å². The number of benzene rings is 1. The van der Waals surface area contributed by atoms with Crippen molar-refractivity contribution in [2.75, 3.05) is 0 Å². The average molecular weight is 257 g/mol. The van der Waals surface area contributed by atoms with Crippen molar-refractivity contribution in [1.82, 2.24) is 0 Å². The van der Waals surface area contributed by atoms with E-state index in [-0.39, 0.29) is 29.6 Å². The van der Waals surface area contributed by atoms with E-state index in [1.165, 1.54) is 0 Å². The minimum Gasteiger partial charge on any atom is -0.768 e. The molecule has 0 saturated carbocycles. The summed E-state index contributed by atoms with van der Waals surface area (Å²) in [5.41, 5.74) is 0.923. The summed E-state index contributed by atoms with van der Waals surface area (Å²) in [5.74, 6) is 0. The molecule has 0 spiro atoms. The molecule has 0 aliphatic rings.